The first-order valence-corrected chi connectivity index (χ1v) is 7.35. The van der Waals surface area contributed by atoms with Crippen LogP contribution in [0.4, 0.5) is 0 Å². The molecule has 1 aliphatic heterocycles. The minimum absolute atomic E-state index is 0.0224. The molecule has 2 rings (SSSR count). The van der Waals surface area contributed by atoms with E-state index in [1.165, 1.54) is 6.92 Å². The van der Waals surface area contributed by atoms with Crippen molar-refractivity contribution in [3.63, 3.8) is 0 Å². The predicted molar refractivity (Wildman–Crippen MR) is 81.7 cm³/mol. The summed E-state index contributed by atoms with van der Waals surface area (Å²) in [5.74, 6) is -0.722. The Kier molecular flexibility index (Phi) is 5.20. The van der Waals surface area contributed by atoms with Crippen molar-refractivity contribution < 1.29 is 9.59 Å². The summed E-state index contributed by atoms with van der Waals surface area (Å²) in [4.78, 5) is 27.0. The minimum Gasteiger partial charge on any atom is -0.369 e. The van der Waals surface area contributed by atoms with Crippen LogP contribution in [0.3, 0.4) is 0 Å². The Labute approximate surface area is 129 Å². The van der Waals surface area contributed by atoms with Gasteiger partial charge in [0.15, 0.2) is 0 Å². The van der Waals surface area contributed by atoms with Gasteiger partial charge in [-0.3, -0.25) is 14.5 Å². The molecular formula is C15H20ClN3O2. The number of nitrogens with two attached hydrogens (primary N) is 1. The van der Waals surface area contributed by atoms with Crippen LogP contribution in [0.2, 0.25) is 5.02 Å². The van der Waals surface area contributed by atoms with Gasteiger partial charge in [0.1, 0.15) is 0 Å². The van der Waals surface area contributed by atoms with E-state index in [-0.39, 0.29) is 17.7 Å². The molecule has 0 aromatic heterocycles. The lowest BCUT2D eigenvalue weighted by molar-refractivity contribution is -0.130. The maximum absolute atomic E-state index is 11.6. The van der Waals surface area contributed by atoms with Crippen LogP contribution in [0.25, 0.3) is 0 Å². The number of carbonyl (C=O) groups excluding carboxylic acids is 2. The van der Waals surface area contributed by atoms with Gasteiger partial charge >= 0.3 is 0 Å². The Hall–Kier alpha value is -1.59. The molecule has 1 saturated heterocycles. The molecule has 1 heterocycles. The van der Waals surface area contributed by atoms with Crippen LogP contribution in [0.15, 0.2) is 24.3 Å². The second-order valence-electron chi connectivity index (χ2n) is 5.43. The summed E-state index contributed by atoms with van der Waals surface area (Å²) >= 11 is 5.99. The fourth-order valence-corrected chi connectivity index (χ4v) is 2.80. The van der Waals surface area contributed by atoms with E-state index in [4.69, 9.17) is 17.3 Å². The molecule has 1 aromatic rings. The number of primary amides is 1. The maximum atomic E-state index is 11.6. The lowest BCUT2D eigenvalue weighted by atomic mass is 10.1. The number of hydrogen-bond donors (Lipinski definition) is 1. The van der Waals surface area contributed by atoms with Gasteiger partial charge in [0.05, 0.1) is 5.92 Å². The third-order valence-corrected chi connectivity index (χ3v) is 3.98. The van der Waals surface area contributed by atoms with Crippen LogP contribution in [0.5, 0.6) is 0 Å². The number of amides is 2. The quantitative estimate of drug-likeness (QED) is 0.909. The molecule has 1 atom stereocenters. The summed E-state index contributed by atoms with van der Waals surface area (Å²) < 4.78 is 0. The van der Waals surface area contributed by atoms with E-state index in [2.05, 4.69) is 4.90 Å². The van der Waals surface area contributed by atoms with E-state index >= 15 is 0 Å². The van der Waals surface area contributed by atoms with Crippen LogP contribution in [0.1, 0.15) is 12.5 Å². The van der Waals surface area contributed by atoms with Crippen molar-refractivity contribution in [1.82, 2.24) is 9.80 Å². The molecule has 114 valence electrons. The van der Waals surface area contributed by atoms with Crippen molar-refractivity contribution in [1.29, 1.82) is 0 Å². The summed E-state index contributed by atoms with van der Waals surface area (Å²) in [6, 6.07) is 7.65. The van der Waals surface area contributed by atoms with Crippen molar-refractivity contribution in [3.05, 3.63) is 34.9 Å². The second kappa shape index (κ2) is 6.91. The smallest absolute Gasteiger partial charge is 0.223 e. The van der Waals surface area contributed by atoms with Crippen molar-refractivity contribution >= 4 is 23.4 Å². The van der Waals surface area contributed by atoms with Gasteiger partial charge in [-0.05, 0) is 17.7 Å². The maximum Gasteiger partial charge on any atom is 0.223 e. The fourth-order valence-electron chi connectivity index (χ4n) is 2.58. The highest BCUT2D eigenvalue weighted by Gasteiger charge is 2.27. The molecule has 0 radical (unpaired) electrons. The van der Waals surface area contributed by atoms with Crippen LogP contribution in [-0.2, 0) is 16.1 Å². The molecule has 0 saturated carbocycles. The van der Waals surface area contributed by atoms with E-state index in [1.807, 2.05) is 24.3 Å². The first-order valence-electron chi connectivity index (χ1n) is 6.97. The highest BCUT2D eigenvalue weighted by Crippen LogP contribution is 2.16. The first-order chi connectivity index (χ1) is 9.95. The van der Waals surface area contributed by atoms with E-state index < -0.39 is 0 Å². The summed E-state index contributed by atoms with van der Waals surface area (Å²) in [5, 5.41) is 0.694. The SMILES string of the molecule is CC(=O)N1CCN(Cc2cccc(Cl)c2)CC(C(N)=O)C1. The Balaban J connectivity index is 2.09. The van der Waals surface area contributed by atoms with Crippen molar-refractivity contribution in [2.75, 3.05) is 26.2 Å². The van der Waals surface area contributed by atoms with E-state index in [0.29, 0.717) is 31.2 Å². The number of benzene rings is 1. The monoisotopic (exact) mass is 309 g/mol. The lowest BCUT2D eigenvalue weighted by Gasteiger charge is -2.22. The van der Waals surface area contributed by atoms with Gasteiger partial charge in [-0.25, -0.2) is 0 Å². The summed E-state index contributed by atoms with van der Waals surface area (Å²) in [7, 11) is 0. The van der Waals surface area contributed by atoms with Crippen molar-refractivity contribution in [3.8, 4) is 0 Å². The number of halogens is 1. The van der Waals surface area contributed by atoms with Gasteiger partial charge in [0.25, 0.3) is 0 Å². The zero-order valence-electron chi connectivity index (χ0n) is 12.1. The van der Waals surface area contributed by atoms with Crippen LogP contribution in [-0.4, -0.2) is 47.8 Å². The standard InChI is InChI=1S/C15H20ClN3O2/c1-11(20)19-6-5-18(9-13(10-19)15(17)21)8-12-3-2-4-14(16)7-12/h2-4,7,13H,5-6,8-10H2,1H3,(H2,17,21). The summed E-state index contributed by atoms with van der Waals surface area (Å²) in [5.41, 5.74) is 6.54. The number of rotatable bonds is 3. The van der Waals surface area contributed by atoms with Gasteiger partial charge in [-0.2, -0.15) is 0 Å². The van der Waals surface area contributed by atoms with Crippen LogP contribution >= 0.6 is 11.6 Å². The third-order valence-electron chi connectivity index (χ3n) is 3.75. The first kappa shape index (κ1) is 15.8. The molecule has 2 amide bonds. The molecule has 2 N–H and O–H groups in total. The van der Waals surface area contributed by atoms with Crippen LogP contribution < -0.4 is 5.73 Å². The zero-order chi connectivity index (χ0) is 15.4. The molecular weight excluding hydrogens is 290 g/mol. The van der Waals surface area contributed by atoms with Crippen molar-refractivity contribution in [2.45, 2.75) is 13.5 Å². The normalized spacial score (nSPS) is 20.1. The molecule has 0 bridgehead atoms. The van der Waals surface area contributed by atoms with E-state index in [0.717, 1.165) is 12.1 Å². The topological polar surface area (TPSA) is 66.6 Å². The second-order valence-corrected chi connectivity index (χ2v) is 5.87. The largest absolute Gasteiger partial charge is 0.369 e. The van der Waals surface area contributed by atoms with Gasteiger partial charge in [-0.15, -0.1) is 0 Å². The van der Waals surface area contributed by atoms with Gasteiger partial charge in [-0.1, -0.05) is 23.7 Å². The Morgan fingerprint density at radius 1 is 1.33 bits per heavy atom. The number of nitrogens with zero attached hydrogens (tertiary/aromatic N) is 2. The Bertz CT molecular complexity index is 535. The molecule has 0 aliphatic carbocycles. The summed E-state index contributed by atoms with van der Waals surface area (Å²) in [6.45, 7) is 4.50. The molecule has 1 unspecified atom stereocenters. The Morgan fingerprint density at radius 3 is 2.71 bits per heavy atom. The average molecular weight is 310 g/mol. The molecule has 1 aromatic carbocycles. The molecule has 1 fully saturated rings. The average Bonchev–Trinajstić information content (AvgIpc) is 2.61. The van der Waals surface area contributed by atoms with E-state index in [9.17, 15) is 9.59 Å². The molecule has 5 nitrogen and oxygen atoms in total. The minimum atomic E-state index is -0.362. The van der Waals surface area contributed by atoms with Crippen molar-refractivity contribution in [2.24, 2.45) is 11.7 Å². The zero-order valence-corrected chi connectivity index (χ0v) is 12.8. The highest BCUT2D eigenvalue weighted by molar-refractivity contribution is 6.30. The van der Waals surface area contributed by atoms with Gasteiger partial charge in [0, 0.05) is 44.7 Å². The predicted octanol–water partition coefficient (Wildman–Crippen LogP) is 1.11. The van der Waals surface area contributed by atoms with E-state index in [1.54, 1.807) is 4.90 Å². The number of carbonyl (C=O) groups is 2. The summed E-state index contributed by atoms with van der Waals surface area (Å²) in [6.07, 6.45) is 0. The van der Waals surface area contributed by atoms with Crippen LogP contribution in [0, 0.1) is 5.92 Å². The molecule has 6 heteroatoms. The molecule has 0 spiro atoms. The third kappa shape index (κ3) is 4.44. The van der Waals surface area contributed by atoms with Gasteiger partial charge < -0.3 is 10.6 Å². The van der Waals surface area contributed by atoms with Gasteiger partial charge in [0.2, 0.25) is 11.8 Å². The fraction of sp³-hybridized carbons (Fsp3) is 0.467. The lowest BCUT2D eigenvalue weighted by Crippen LogP contribution is -2.39. The number of hydrogen-bond acceptors (Lipinski definition) is 3. The Morgan fingerprint density at radius 2 is 2.10 bits per heavy atom. The highest BCUT2D eigenvalue weighted by atomic mass is 35.5. The molecule has 21 heavy (non-hydrogen) atoms. The molecule has 1 aliphatic rings.